The molecule has 1 fully saturated rings. The van der Waals surface area contributed by atoms with Crippen molar-refractivity contribution in [3.63, 3.8) is 0 Å². The van der Waals surface area contributed by atoms with Gasteiger partial charge in [-0.2, -0.15) is 0 Å². The Morgan fingerprint density at radius 1 is 1.41 bits per heavy atom. The lowest BCUT2D eigenvalue weighted by molar-refractivity contribution is -0.123. The number of hydrogen-bond acceptors (Lipinski definition) is 3. The SMILES string of the molecule is CCCC(O)c1cc(C)c2c(c1)C(NC(=O)C1CC1)CCO2. The number of rotatable bonds is 5. The topological polar surface area (TPSA) is 58.6 Å². The van der Waals surface area contributed by atoms with Crippen LogP contribution in [0.25, 0.3) is 0 Å². The van der Waals surface area contributed by atoms with E-state index in [0.29, 0.717) is 6.61 Å². The fourth-order valence-corrected chi connectivity index (χ4v) is 3.14. The first-order chi connectivity index (χ1) is 10.6. The summed E-state index contributed by atoms with van der Waals surface area (Å²) in [5.41, 5.74) is 2.98. The molecule has 1 aliphatic heterocycles. The Hall–Kier alpha value is -1.55. The number of aliphatic hydroxyl groups is 1. The Bertz CT molecular complexity index is 566. The zero-order valence-electron chi connectivity index (χ0n) is 13.4. The van der Waals surface area contributed by atoms with Crippen LogP contribution < -0.4 is 10.1 Å². The number of nitrogens with one attached hydrogen (secondary N) is 1. The fourth-order valence-electron chi connectivity index (χ4n) is 3.14. The third-order valence-corrected chi connectivity index (χ3v) is 4.57. The molecule has 0 spiro atoms. The minimum Gasteiger partial charge on any atom is -0.493 e. The molecular formula is C18H25NO3. The predicted octanol–water partition coefficient (Wildman–Crippen LogP) is 3.18. The van der Waals surface area contributed by atoms with Gasteiger partial charge in [-0.05, 0) is 49.4 Å². The van der Waals surface area contributed by atoms with Crippen molar-refractivity contribution in [2.24, 2.45) is 5.92 Å². The molecule has 0 aromatic heterocycles. The largest absolute Gasteiger partial charge is 0.493 e. The van der Waals surface area contributed by atoms with E-state index in [4.69, 9.17) is 4.74 Å². The van der Waals surface area contributed by atoms with Crippen LogP contribution in [0.3, 0.4) is 0 Å². The third-order valence-electron chi connectivity index (χ3n) is 4.57. The van der Waals surface area contributed by atoms with Gasteiger partial charge < -0.3 is 15.2 Å². The number of benzene rings is 1. The summed E-state index contributed by atoms with van der Waals surface area (Å²) in [4.78, 5) is 12.1. The van der Waals surface area contributed by atoms with E-state index in [1.165, 1.54) is 0 Å². The van der Waals surface area contributed by atoms with E-state index in [2.05, 4.69) is 12.2 Å². The second-order valence-electron chi connectivity index (χ2n) is 6.53. The number of hydrogen-bond donors (Lipinski definition) is 2. The van der Waals surface area contributed by atoms with Gasteiger partial charge in [-0.1, -0.05) is 13.3 Å². The van der Waals surface area contributed by atoms with Crippen molar-refractivity contribution in [2.75, 3.05) is 6.61 Å². The number of carbonyl (C=O) groups excluding carboxylic acids is 1. The molecule has 2 aliphatic rings. The quantitative estimate of drug-likeness (QED) is 0.878. The van der Waals surface area contributed by atoms with Crippen molar-refractivity contribution in [3.8, 4) is 5.75 Å². The summed E-state index contributed by atoms with van der Waals surface area (Å²) in [5, 5.41) is 13.4. The summed E-state index contributed by atoms with van der Waals surface area (Å²) >= 11 is 0. The number of aryl methyl sites for hydroxylation is 1. The molecule has 1 heterocycles. The van der Waals surface area contributed by atoms with E-state index in [0.717, 1.165) is 54.5 Å². The molecule has 3 rings (SSSR count). The van der Waals surface area contributed by atoms with E-state index in [-0.39, 0.29) is 17.9 Å². The summed E-state index contributed by atoms with van der Waals surface area (Å²) < 4.78 is 5.80. The molecule has 1 saturated carbocycles. The van der Waals surface area contributed by atoms with Gasteiger partial charge in [0.15, 0.2) is 0 Å². The van der Waals surface area contributed by atoms with Crippen LogP contribution >= 0.6 is 0 Å². The van der Waals surface area contributed by atoms with E-state index in [1.54, 1.807) is 0 Å². The van der Waals surface area contributed by atoms with E-state index >= 15 is 0 Å². The van der Waals surface area contributed by atoms with Crippen LogP contribution in [0.2, 0.25) is 0 Å². The molecule has 2 N–H and O–H groups in total. The van der Waals surface area contributed by atoms with Crippen LogP contribution in [-0.2, 0) is 4.79 Å². The van der Waals surface area contributed by atoms with Gasteiger partial charge in [0.25, 0.3) is 0 Å². The maximum Gasteiger partial charge on any atom is 0.223 e. The monoisotopic (exact) mass is 303 g/mol. The molecule has 2 atom stereocenters. The summed E-state index contributed by atoms with van der Waals surface area (Å²) in [6.45, 7) is 4.70. The molecule has 1 aliphatic carbocycles. The Kier molecular flexibility index (Phi) is 4.39. The molecule has 0 bridgehead atoms. The Labute approximate surface area is 131 Å². The standard InChI is InChI=1S/C18H25NO3/c1-3-4-16(20)13-9-11(2)17-14(10-13)15(7-8-22-17)19-18(21)12-5-6-12/h9-10,12,15-16,20H,3-8H2,1-2H3,(H,19,21). The zero-order chi connectivity index (χ0) is 15.7. The second-order valence-corrected chi connectivity index (χ2v) is 6.53. The molecule has 1 aromatic rings. The first-order valence-electron chi connectivity index (χ1n) is 8.35. The zero-order valence-corrected chi connectivity index (χ0v) is 13.4. The van der Waals surface area contributed by atoms with Crippen LogP contribution in [0.1, 0.15) is 67.9 Å². The third kappa shape index (κ3) is 3.12. The average molecular weight is 303 g/mol. The summed E-state index contributed by atoms with van der Waals surface area (Å²) in [7, 11) is 0. The smallest absolute Gasteiger partial charge is 0.223 e. The Morgan fingerprint density at radius 3 is 2.86 bits per heavy atom. The fraction of sp³-hybridized carbons (Fsp3) is 0.611. The van der Waals surface area contributed by atoms with E-state index < -0.39 is 6.10 Å². The van der Waals surface area contributed by atoms with Gasteiger partial charge in [0, 0.05) is 17.9 Å². The van der Waals surface area contributed by atoms with E-state index in [9.17, 15) is 9.90 Å². The molecule has 22 heavy (non-hydrogen) atoms. The lowest BCUT2D eigenvalue weighted by atomic mass is 9.92. The number of aliphatic hydroxyl groups excluding tert-OH is 1. The number of fused-ring (bicyclic) bond motifs is 1. The van der Waals surface area contributed by atoms with Crippen LogP contribution in [0.4, 0.5) is 0 Å². The molecule has 0 radical (unpaired) electrons. The predicted molar refractivity (Wildman–Crippen MR) is 84.8 cm³/mol. The van der Waals surface area contributed by atoms with Gasteiger partial charge in [-0.3, -0.25) is 4.79 Å². The lowest BCUT2D eigenvalue weighted by Gasteiger charge is -2.29. The first-order valence-corrected chi connectivity index (χ1v) is 8.35. The molecule has 0 saturated heterocycles. The summed E-state index contributed by atoms with van der Waals surface area (Å²) in [5.74, 6) is 1.25. The normalized spacial score (nSPS) is 21.7. The first kappa shape index (κ1) is 15.3. The number of ether oxygens (including phenoxy) is 1. The van der Waals surface area contributed by atoms with Crippen molar-refractivity contribution in [2.45, 2.75) is 58.1 Å². The highest BCUT2D eigenvalue weighted by Crippen LogP contribution is 2.38. The molecule has 2 unspecified atom stereocenters. The van der Waals surface area contributed by atoms with Crippen LogP contribution in [-0.4, -0.2) is 17.6 Å². The molecule has 4 nitrogen and oxygen atoms in total. The molecular weight excluding hydrogens is 278 g/mol. The summed E-state index contributed by atoms with van der Waals surface area (Å²) in [6, 6.07) is 4.02. The molecule has 120 valence electrons. The van der Waals surface area contributed by atoms with E-state index in [1.807, 2.05) is 19.1 Å². The van der Waals surface area contributed by atoms with Gasteiger partial charge >= 0.3 is 0 Å². The highest BCUT2D eigenvalue weighted by molar-refractivity contribution is 5.81. The Balaban J connectivity index is 1.87. The van der Waals surface area contributed by atoms with Crippen LogP contribution in [0.15, 0.2) is 12.1 Å². The van der Waals surface area contributed by atoms with Crippen molar-refractivity contribution >= 4 is 5.91 Å². The number of carbonyl (C=O) groups is 1. The second kappa shape index (κ2) is 6.29. The van der Waals surface area contributed by atoms with Gasteiger partial charge in [-0.15, -0.1) is 0 Å². The van der Waals surface area contributed by atoms with Crippen molar-refractivity contribution in [1.82, 2.24) is 5.32 Å². The van der Waals surface area contributed by atoms with Crippen LogP contribution in [0, 0.1) is 12.8 Å². The van der Waals surface area contributed by atoms with Gasteiger partial charge in [0.1, 0.15) is 5.75 Å². The summed E-state index contributed by atoms with van der Waals surface area (Å²) in [6.07, 6.45) is 4.05. The average Bonchev–Trinajstić information content (AvgIpc) is 3.33. The maximum absolute atomic E-state index is 12.1. The van der Waals surface area contributed by atoms with Crippen molar-refractivity contribution in [3.05, 3.63) is 28.8 Å². The highest BCUT2D eigenvalue weighted by Gasteiger charge is 2.33. The van der Waals surface area contributed by atoms with Gasteiger partial charge in [0.05, 0.1) is 18.8 Å². The van der Waals surface area contributed by atoms with Gasteiger partial charge in [-0.25, -0.2) is 0 Å². The minimum atomic E-state index is -0.448. The van der Waals surface area contributed by atoms with Crippen molar-refractivity contribution in [1.29, 1.82) is 0 Å². The number of amides is 1. The van der Waals surface area contributed by atoms with Crippen LogP contribution in [0.5, 0.6) is 5.75 Å². The highest BCUT2D eigenvalue weighted by atomic mass is 16.5. The van der Waals surface area contributed by atoms with Crippen molar-refractivity contribution < 1.29 is 14.6 Å². The van der Waals surface area contributed by atoms with Gasteiger partial charge in [0.2, 0.25) is 5.91 Å². The molecule has 4 heteroatoms. The molecule has 1 aromatic carbocycles. The minimum absolute atomic E-state index is 0.00401. The molecule has 1 amide bonds. The lowest BCUT2D eigenvalue weighted by Crippen LogP contribution is -2.33. The Morgan fingerprint density at radius 2 is 2.18 bits per heavy atom. The maximum atomic E-state index is 12.1.